The first-order valence-corrected chi connectivity index (χ1v) is 7.52. The highest BCUT2D eigenvalue weighted by Crippen LogP contribution is 2.31. The van der Waals surface area contributed by atoms with Gasteiger partial charge in [0.05, 0.1) is 11.6 Å². The molecule has 0 bridgehead atoms. The van der Waals surface area contributed by atoms with Crippen molar-refractivity contribution in [2.75, 3.05) is 6.54 Å². The lowest BCUT2D eigenvalue weighted by Crippen LogP contribution is -2.28. The summed E-state index contributed by atoms with van der Waals surface area (Å²) in [5, 5.41) is 12.6. The Labute approximate surface area is 124 Å². The quantitative estimate of drug-likeness (QED) is 0.885. The van der Waals surface area contributed by atoms with Gasteiger partial charge in [0, 0.05) is 18.9 Å². The SMILES string of the molecule is Cc1cccn2cc(CNCC3CCCC3C(=O)O)nc12. The van der Waals surface area contributed by atoms with Crippen LogP contribution < -0.4 is 5.32 Å². The summed E-state index contributed by atoms with van der Waals surface area (Å²) < 4.78 is 2.03. The number of fused-ring (bicyclic) bond motifs is 1. The van der Waals surface area contributed by atoms with E-state index in [9.17, 15) is 9.90 Å². The van der Waals surface area contributed by atoms with Crippen LogP contribution in [0.15, 0.2) is 24.5 Å². The van der Waals surface area contributed by atoms with Crippen LogP contribution in [0.25, 0.3) is 5.65 Å². The van der Waals surface area contributed by atoms with E-state index in [1.165, 1.54) is 0 Å². The van der Waals surface area contributed by atoms with Crippen LogP contribution in [0.1, 0.15) is 30.5 Å². The Morgan fingerprint density at radius 1 is 1.52 bits per heavy atom. The van der Waals surface area contributed by atoms with Gasteiger partial charge in [-0.1, -0.05) is 12.5 Å². The van der Waals surface area contributed by atoms with E-state index in [-0.39, 0.29) is 11.8 Å². The maximum Gasteiger partial charge on any atom is 0.306 e. The number of aryl methyl sites for hydroxylation is 1. The predicted octanol–water partition coefficient (Wildman–Crippen LogP) is 2.23. The van der Waals surface area contributed by atoms with Gasteiger partial charge in [-0.2, -0.15) is 0 Å². The first-order chi connectivity index (χ1) is 10.1. The Bertz CT molecular complexity index is 650. The summed E-state index contributed by atoms with van der Waals surface area (Å²) in [5.74, 6) is -0.579. The lowest BCUT2D eigenvalue weighted by molar-refractivity contribution is -0.142. The van der Waals surface area contributed by atoms with E-state index >= 15 is 0 Å². The van der Waals surface area contributed by atoms with Crippen molar-refractivity contribution in [1.82, 2.24) is 14.7 Å². The fraction of sp³-hybridized carbons (Fsp3) is 0.500. The minimum Gasteiger partial charge on any atom is -0.481 e. The molecule has 2 unspecified atom stereocenters. The van der Waals surface area contributed by atoms with E-state index in [0.29, 0.717) is 6.54 Å². The molecule has 2 atom stereocenters. The number of nitrogens with one attached hydrogen (secondary N) is 1. The van der Waals surface area contributed by atoms with Crippen molar-refractivity contribution < 1.29 is 9.90 Å². The molecule has 2 heterocycles. The van der Waals surface area contributed by atoms with Crippen LogP contribution >= 0.6 is 0 Å². The van der Waals surface area contributed by atoms with Gasteiger partial charge in [-0.25, -0.2) is 4.98 Å². The molecule has 5 heteroatoms. The summed E-state index contributed by atoms with van der Waals surface area (Å²) in [4.78, 5) is 15.8. The van der Waals surface area contributed by atoms with Crippen molar-refractivity contribution in [2.45, 2.75) is 32.7 Å². The van der Waals surface area contributed by atoms with Crippen LogP contribution in [0.5, 0.6) is 0 Å². The fourth-order valence-corrected chi connectivity index (χ4v) is 3.28. The number of hydrogen-bond acceptors (Lipinski definition) is 3. The van der Waals surface area contributed by atoms with Crippen molar-refractivity contribution in [3.8, 4) is 0 Å². The number of aliphatic carboxylic acids is 1. The molecule has 1 fully saturated rings. The van der Waals surface area contributed by atoms with E-state index in [1.807, 2.05) is 22.9 Å². The summed E-state index contributed by atoms with van der Waals surface area (Å²) in [6.45, 7) is 3.49. The molecule has 0 radical (unpaired) electrons. The smallest absolute Gasteiger partial charge is 0.306 e. The third-order valence-electron chi connectivity index (χ3n) is 4.42. The van der Waals surface area contributed by atoms with E-state index in [4.69, 9.17) is 0 Å². The number of carboxylic acid groups (broad SMARTS) is 1. The van der Waals surface area contributed by atoms with Gasteiger partial charge in [-0.15, -0.1) is 0 Å². The normalized spacial score (nSPS) is 22.0. The second-order valence-corrected chi connectivity index (χ2v) is 5.92. The topological polar surface area (TPSA) is 66.6 Å². The van der Waals surface area contributed by atoms with Crippen molar-refractivity contribution >= 4 is 11.6 Å². The van der Waals surface area contributed by atoms with E-state index in [1.54, 1.807) is 0 Å². The molecule has 21 heavy (non-hydrogen) atoms. The molecule has 2 N–H and O–H groups in total. The predicted molar refractivity (Wildman–Crippen MR) is 80.1 cm³/mol. The van der Waals surface area contributed by atoms with Gasteiger partial charge in [-0.3, -0.25) is 4.79 Å². The van der Waals surface area contributed by atoms with Gasteiger partial charge in [0.1, 0.15) is 5.65 Å². The molecule has 1 saturated carbocycles. The number of hydrogen-bond donors (Lipinski definition) is 2. The Balaban J connectivity index is 1.59. The van der Waals surface area contributed by atoms with Crippen molar-refractivity contribution in [3.05, 3.63) is 35.8 Å². The molecule has 112 valence electrons. The molecule has 0 spiro atoms. The van der Waals surface area contributed by atoms with Crippen molar-refractivity contribution in [1.29, 1.82) is 0 Å². The monoisotopic (exact) mass is 287 g/mol. The Kier molecular flexibility index (Phi) is 3.92. The molecule has 5 nitrogen and oxygen atoms in total. The number of aromatic nitrogens is 2. The molecule has 3 rings (SSSR count). The first-order valence-electron chi connectivity index (χ1n) is 7.52. The second-order valence-electron chi connectivity index (χ2n) is 5.92. The Hall–Kier alpha value is -1.88. The van der Waals surface area contributed by atoms with Crippen LogP contribution in [-0.4, -0.2) is 27.0 Å². The van der Waals surface area contributed by atoms with Gasteiger partial charge in [0.15, 0.2) is 0 Å². The zero-order valence-electron chi connectivity index (χ0n) is 12.2. The summed E-state index contributed by atoms with van der Waals surface area (Å²) in [5.41, 5.74) is 3.14. The second kappa shape index (κ2) is 5.85. The third kappa shape index (κ3) is 2.93. The molecule has 0 saturated heterocycles. The lowest BCUT2D eigenvalue weighted by Gasteiger charge is -2.15. The largest absolute Gasteiger partial charge is 0.481 e. The van der Waals surface area contributed by atoms with E-state index in [0.717, 1.165) is 42.7 Å². The van der Waals surface area contributed by atoms with Crippen LogP contribution in [0.2, 0.25) is 0 Å². The number of nitrogens with zero attached hydrogens (tertiary/aromatic N) is 2. The molecular formula is C16H21N3O2. The summed E-state index contributed by atoms with van der Waals surface area (Å²) >= 11 is 0. The summed E-state index contributed by atoms with van der Waals surface area (Å²) in [7, 11) is 0. The van der Waals surface area contributed by atoms with Gasteiger partial charge >= 0.3 is 5.97 Å². The van der Waals surface area contributed by atoms with Gasteiger partial charge in [0.25, 0.3) is 0 Å². The molecule has 0 aromatic carbocycles. The Morgan fingerprint density at radius 2 is 2.38 bits per heavy atom. The lowest BCUT2D eigenvalue weighted by atomic mass is 9.96. The number of pyridine rings is 1. The van der Waals surface area contributed by atoms with Gasteiger partial charge in [-0.05, 0) is 43.9 Å². The van der Waals surface area contributed by atoms with Crippen LogP contribution in [0.3, 0.4) is 0 Å². The van der Waals surface area contributed by atoms with E-state index in [2.05, 4.69) is 23.3 Å². The minimum absolute atomic E-state index is 0.180. The summed E-state index contributed by atoms with van der Waals surface area (Å²) in [6, 6.07) is 4.06. The average molecular weight is 287 g/mol. The van der Waals surface area contributed by atoms with Crippen LogP contribution in [0, 0.1) is 18.8 Å². The molecule has 0 amide bonds. The third-order valence-corrected chi connectivity index (χ3v) is 4.42. The fourth-order valence-electron chi connectivity index (χ4n) is 3.28. The molecule has 1 aliphatic carbocycles. The van der Waals surface area contributed by atoms with Crippen molar-refractivity contribution in [2.24, 2.45) is 11.8 Å². The highest BCUT2D eigenvalue weighted by Gasteiger charge is 2.32. The first kappa shape index (κ1) is 14.1. The molecule has 2 aromatic heterocycles. The molecule has 0 aliphatic heterocycles. The molecule has 1 aliphatic rings. The summed E-state index contributed by atoms with van der Waals surface area (Å²) in [6.07, 6.45) is 6.87. The van der Waals surface area contributed by atoms with Gasteiger partial charge in [0.2, 0.25) is 0 Å². The maximum absolute atomic E-state index is 11.2. The van der Waals surface area contributed by atoms with Crippen LogP contribution in [0.4, 0.5) is 0 Å². The average Bonchev–Trinajstić information content (AvgIpc) is 3.06. The molecular weight excluding hydrogens is 266 g/mol. The zero-order chi connectivity index (χ0) is 14.8. The number of carbonyl (C=O) groups is 1. The number of carboxylic acids is 1. The van der Waals surface area contributed by atoms with E-state index < -0.39 is 5.97 Å². The molecule has 2 aromatic rings. The zero-order valence-corrected chi connectivity index (χ0v) is 12.2. The number of imidazole rings is 1. The van der Waals surface area contributed by atoms with Crippen molar-refractivity contribution in [3.63, 3.8) is 0 Å². The highest BCUT2D eigenvalue weighted by molar-refractivity contribution is 5.70. The van der Waals surface area contributed by atoms with Crippen LogP contribution in [-0.2, 0) is 11.3 Å². The minimum atomic E-state index is -0.650. The van der Waals surface area contributed by atoms with Gasteiger partial charge < -0.3 is 14.8 Å². The standard InChI is InChI=1S/C16H21N3O2/c1-11-4-3-7-19-10-13(18-15(11)19)9-17-8-12-5-2-6-14(12)16(20)21/h3-4,7,10,12,14,17H,2,5-6,8-9H2,1H3,(H,20,21). The Morgan fingerprint density at radius 3 is 3.14 bits per heavy atom. The highest BCUT2D eigenvalue weighted by atomic mass is 16.4. The maximum atomic E-state index is 11.2. The number of rotatable bonds is 5.